The van der Waals surface area contributed by atoms with Gasteiger partial charge in [0.15, 0.2) is 0 Å². The summed E-state index contributed by atoms with van der Waals surface area (Å²) in [5.41, 5.74) is 9.34. The van der Waals surface area contributed by atoms with E-state index in [1.54, 1.807) is 18.3 Å². The highest BCUT2D eigenvalue weighted by molar-refractivity contribution is 5.70. The van der Waals surface area contributed by atoms with Crippen LogP contribution in [0.25, 0.3) is 11.3 Å². The van der Waals surface area contributed by atoms with Crippen molar-refractivity contribution < 1.29 is 35.4 Å². The average molecular weight is 760 g/mol. The zero-order valence-electron chi connectivity index (χ0n) is 32.9. The zero-order valence-corrected chi connectivity index (χ0v) is 32.9. The maximum Gasteiger partial charge on any atom is 0.309 e. The summed E-state index contributed by atoms with van der Waals surface area (Å²) in [6, 6.07) is 10.4. The second-order valence-electron chi connectivity index (χ2n) is 16.7. The number of carbonyl (C=O) groups is 1. The Labute approximate surface area is 326 Å². The van der Waals surface area contributed by atoms with Gasteiger partial charge in [0, 0.05) is 35.1 Å². The normalized spacial score (nSPS) is 24.9. The zero-order chi connectivity index (χ0) is 39.5. The predicted octanol–water partition coefficient (Wildman–Crippen LogP) is 8.10. The quantitative estimate of drug-likeness (QED) is 0.0391. The number of phenols is 2. The second kappa shape index (κ2) is 19.8. The van der Waals surface area contributed by atoms with Gasteiger partial charge in [-0.25, -0.2) is 4.98 Å². The lowest BCUT2D eigenvalue weighted by Crippen LogP contribution is -2.37. The van der Waals surface area contributed by atoms with Gasteiger partial charge in [0.05, 0.1) is 23.7 Å². The molecule has 0 amide bonds. The maximum atomic E-state index is 12.4. The third-order valence-corrected chi connectivity index (χ3v) is 12.4. The number of nitrogens with one attached hydrogen (secondary N) is 1. The number of pyridine rings is 1. The molecule has 2 heterocycles. The largest absolute Gasteiger partial charge is 0.508 e. The first-order valence-corrected chi connectivity index (χ1v) is 20.8. The molecule has 1 fully saturated rings. The molecule has 9 N–H and O–H groups in total. The Morgan fingerprint density at radius 3 is 2.42 bits per heavy atom. The summed E-state index contributed by atoms with van der Waals surface area (Å²) < 4.78 is 0. The Morgan fingerprint density at radius 1 is 0.964 bits per heavy atom. The van der Waals surface area contributed by atoms with E-state index in [9.17, 15) is 35.4 Å². The highest BCUT2D eigenvalue weighted by atomic mass is 16.4. The van der Waals surface area contributed by atoms with Crippen LogP contribution in [0.3, 0.4) is 0 Å². The lowest BCUT2D eigenvalue weighted by atomic mass is 9.80. The van der Waals surface area contributed by atoms with Crippen LogP contribution in [0.15, 0.2) is 54.7 Å². The molecule has 2 aliphatic carbocycles. The van der Waals surface area contributed by atoms with Crippen molar-refractivity contribution in [2.75, 3.05) is 5.73 Å². The fourth-order valence-electron chi connectivity index (χ4n) is 9.42. The third kappa shape index (κ3) is 11.8. The Morgan fingerprint density at radius 2 is 1.73 bits per heavy atom. The predicted molar refractivity (Wildman–Crippen MR) is 216 cm³/mol. The molecule has 55 heavy (non-hydrogen) atoms. The van der Waals surface area contributed by atoms with Crippen LogP contribution in [0.1, 0.15) is 121 Å². The number of aryl methyl sites for hydroxylation is 1. The summed E-state index contributed by atoms with van der Waals surface area (Å²) in [5.74, 6) is -0.939. The number of allylic oxidation sites excluding steroid dienone is 1. The molecule has 0 radical (unpaired) electrons. The number of nitrogens with zero attached hydrogens (tertiary/aromatic N) is 1. The van der Waals surface area contributed by atoms with Gasteiger partial charge in [-0.15, -0.1) is 0 Å². The van der Waals surface area contributed by atoms with Crippen LogP contribution in [0.2, 0.25) is 0 Å². The van der Waals surface area contributed by atoms with Gasteiger partial charge < -0.3 is 41.4 Å². The highest BCUT2D eigenvalue weighted by Gasteiger charge is 2.46. The fraction of sp³-hybridized carbons (Fsp3) is 0.600. The topological polar surface area (TPSA) is 193 Å². The highest BCUT2D eigenvalue weighted by Crippen LogP contribution is 2.46. The van der Waals surface area contributed by atoms with E-state index in [0.29, 0.717) is 43.0 Å². The molecule has 0 aliphatic heterocycles. The number of aliphatic hydroxyl groups is 3. The first-order chi connectivity index (χ1) is 26.4. The number of carboxylic acid groups (broad SMARTS) is 1. The van der Waals surface area contributed by atoms with Crippen LogP contribution >= 0.6 is 0 Å². The van der Waals surface area contributed by atoms with Crippen molar-refractivity contribution in [3.63, 3.8) is 0 Å². The van der Waals surface area contributed by atoms with E-state index in [1.807, 2.05) is 19.1 Å². The van der Waals surface area contributed by atoms with Crippen LogP contribution in [-0.2, 0) is 24.1 Å². The SMILES string of the molecule is CCCCCC1C=CC(CCCCCC(C(=O)O)C(O)CCC2(O)CC(Cc3ccnc(N)c3)CC2Cc2cc(CC)c(-c3cc(O)cc(O)c3)[nH]2)C(O)C1. The molecule has 8 atom stereocenters. The number of hydrogen-bond acceptors (Lipinski definition) is 8. The Hall–Kier alpha value is -3.86. The minimum Gasteiger partial charge on any atom is -0.508 e. The van der Waals surface area contributed by atoms with Gasteiger partial charge in [-0.1, -0.05) is 64.5 Å². The molecule has 1 saturated carbocycles. The maximum absolute atomic E-state index is 12.4. The van der Waals surface area contributed by atoms with Crippen molar-refractivity contribution in [3.05, 3.63) is 71.6 Å². The van der Waals surface area contributed by atoms with Crippen molar-refractivity contribution in [1.82, 2.24) is 9.97 Å². The summed E-state index contributed by atoms with van der Waals surface area (Å²) >= 11 is 0. The van der Waals surface area contributed by atoms with E-state index in [0.717, 1.165) is 73.9 Å². The molecule has 3 aromatic rings. The van der Waals surface area contributed by atoms with Crippen molar-refractivity contribution in [2.45, 2.75) is 141 Å². The van der Waals surface area contributed by atoms with Crippen molar-refractivity contribution >= 4 is 11.8 Å². The standard InChI is InChI=1S/C45H65N3O7/c1-3-5-7-10-29-13-14-33(41(52)21-29)11-8-6-9-12-39(44(53)54)40(51)15-17-45(55)28-31(19-30-16-18-47-42(46)22-30)20-35(45)26-36-23-32(4-2)43(48-36)34-24-37(49)27-38(50)25-34/h13-14,16,18,22-25,27,29,31,33,35,39-41,48-52,55H,3-12,15,17,19-21,26,28H2,1-2H3,(H2,46,47)(H,53,54). The van der Waals surface area contributed by atoms with Crippen molar-refractivity contribution in [2.24, 2.45) is 29.6 Å². The number of benzene rings is 1. The lowest BCUT2D eigenvalue weighted by molar-refractivity contribution is -0.146. The second-order valence-corrected chi connectivity index (χ2v) is 16.7. The number of nitrogens with two attached hydrogens (primary N) is 1. The molecule has 0 saturated heterocycles. The van der Waals surface area contributed by atoms with Gasteiger partial charge in [-0.2, -0.15) is 0 Å². The summed E-state index contributed by atoms with van der Waals surface area (Å²) in [5, 5.41) is 64.8. The molecule has 10 heteroatoms. The van der Waals surface area contributed by atoms with Gasteiger partial charge in [0.25, 0.3) is 0 Å². The number of nitrogen functional groups attached to an aromatic ring is 1. The van der Waals surface area contributed by atoms with Crippen LogP contribution in [0.4, 0.5) is 5.82 Å². The van der Waals surface area contributed by atoms with E-state index in [1.165, 1.54) is 25.3 Å². The van der Waals surface area contributed by atoms with Gasteiger partial charge in [0.1, 0.15) is 17.3 Å². The lowest BCUT2D eigenvalue weighted by Gasteiger charge is -2.32. The summed E-state index contributed by atoms with van der Waals surface area (Å²) in [6.45, 7) is 4.25. The number of phenolic OH excluding ortho intramolecular Hbond substituents is 2. The number of aromatic hydroxyl groups is 2. The van der Waals surface area contributed by atoms with Crippen LogP contribution in [-0.4, -0.2) is 64.4 Å². The number of unbranched alkanes of at least 4 members (excludes halogenated alkanes) is 4. The Kier molecular flexibility index (Phi) is 15.2. The molecule has 2 aliphatic rings. The smallest absolute Gasteiger partial charge is 0.309 e. The monoisotopic (exact) mass is 759 g/mol. The van der Waals surface area contributed by atoms with Gasteiger partial charge in [-0.3, -0.25) is 4.79 Å². The first-order valence-electron chi connectivity index (χ1n) is 20.8. The van der Waals surface area contributed by atoms with Crippen molar-refractivity contribution in [1.29, 1.82) is 0 Å². The minimum atomic E-state index is -1.13. The number of H-pyrrole nitrogens is 1. The van der Waals surface area contributed by atoms with Crippen LogP contribution in [0.5, 0.6) is 11.5 Å². The number of aliphatic carboxylic acids is 1. The number of carboxylic acids is 1. The van der Waals surface area contributed by atoms with E-state index in [-0.39, 0.29) is 48.2 Å². The number of aromatic nitrogens is 2. The number of rotatable bonds is 21. The van der Waals surface area contributed by atoms with Crippen LogP contribution < -0.4 is 5.73 Å². The average Bonchev–Trinajstić information content (AvgIpc) is 3.68. The molecule has 0 spiro atoms. The Bertz CT molecular complexity index is 1690. The minimum absolute atomic E-state index is 0.0287. The molecule has 8 unspecified atom stereocenters. The number of aromatic amines is 1. The fourth-order valence-corrected chi connectivity index (χ4v) is 9.42. The molecule has 2 aromatic heterocycles. The first kappa shape index (κ1) is 42.3. The van der Waals surface area contributed by atoms with Gasteiger partial charge in [0.2, 0.25) is 0 Å². The summed E-state index contributed by atoms with van der Waals surface area (Å²) in [4.78, 5) is 20.0. The van der Waals surface area contributed by atoms with E-state index >= 15 is 0 Å². The van der Waals surface area contributed by atoms with Gasteiger partial charge >= 0.3 is 5.97 Å². The summed E-state index contributed by atoms with van der Waals surface area (Å²) in [7, 11) is 0. The van der Waals surface area contributed by atoms with Gasteiger partial charge in [-0.05, 0) is 130 Å². The molecule has 0 bridgehead atoms. The third-order valence-electron chi connectivity index (χ3n) is 12.4. The molecular weight excluding hydrogens is 695 g/mol. The van der Waals surface area contributed by atoms with E-state index in [2.05, 4.69) is 35.1 Å². The summed E-state index contributed by atoms with van der Waals surface area (Å²) in [6.07, 6.45) is 17.7. The Balaban J connectivity index is 1.20. The molecule has 5 rings (SSSR count). The molecule has 10 nitrogen and oxygen atoms in total. The molecular formula is C45H65N3O7. The number of anilines is 1. The number of aliphatic hydroxyl groups excluding tert-OH is 2. The van der Waals surface area contributed by atoms with Crippen LogP contribution in [0, 0.1) is 29.6 Å². The number of hydrogen-bond donors (Lipinski definition) is 8. The van der Waals surface area contributed by atoms with E-state index < -0.39 is 23.6 Å². The molecule has 302 valence electrons. The van der Waals surface area contributed by atoms with E-state index in [4.69, 9.17) is 5.73 Å². The molecule has 1 aromatic carbocycles. The van der Waals surface area contributed by atoms with Crippen molar-refractivity contribution in [3.8, 4) is 22.8 Å².